The van der Waals surface area contributed by atoms with Gasteiger partial charge in [-0.15, -0.1) is 0 Å². The summed E-state index contributed by atoms with van der Waals surface area (Å²) in [6.45, 7) is 21.0. The fraction of sp³-hybridized carbons (Fsp3) is 0.788. The average Bonchev–Trinajstić information content (AvgIpc) is 3.60. The van der Waals surface area contributed by atoms with Crippen molar-refractivity contribution in [3.8, 4) is 0 Å². The molecule has 7 aliphatic carbocycles. The lowest BCUT2D eigenvalue weighted by Gasteiger charge is -2.72. The molecule has 0 aromatic carbocycles. The molecule has 0 radical (unpaired) electrons. The third-order valence-corrected chi connectivity index (χ3v) is 21.3. The van der Waals surface area contributed by atoms with Gasteiger partial charge in [-0.25, -0.2) is 17.1 Å². The van der Waals surface area contributed by atoms with Crippen molar-refractivity contribution in [2.45, 2.75) is 162 Å². The van der Waals surface area contributed by atoms with Crippen molar-refractivity contribution in [2.24, 2.45) is 56.7 Å². The minimum absolute atomic E-state index is 0.0251. The third kappa shape index (κ3) is 7.55. The number of esters is 1. The maximum absolute atomic E-state index is 14.8. The predicted molar refractivity (Wildman–Crippen MR) is 244 cm³/mol. The number of hydrogen-bond acceptors (Lipinski definition) is 6. The molecule has 1 aliphatic heterocycles. The van der Waals surface area contributed by atoms with Crippen molar-refractivity contribution in [1.82, 2.24) is 9.62 Å². The fourth-order valence-corrected chi connectivity index (χ4v) is 17.1. The van der Waals surface area contributed by atoms with E-state index < -0.39 is 27.7 Å². The monoisotopic (exact) mass is 863 g/mol. The smallest absolute Gasteiger partial charge is 0.315 e. The van der Waals surface area contributed by atoms with Crippen LogP contribution in [-0.4, -0.2) is 74.1 Å². The van der Waals surface area contributed by atoms with E-state index in [1.807, 2.05) is 12.2 Å². The van der Waals surface area contributed by atoms with Crippen molar-refractivity contribution >= 4 is 16.0 Å². The molecule has 10 atom stereocenters. The molecule has 0 aromatic rings. The molecule has 0 bridgehead atoms. The predicted octanol–water partition coefficient (Wildman–Crippen LogP) is 10.6. The zero-order valence-electron chi connectivity index (χ0n) is 38.9. The molecule has 8 rings (SSSR count). The second kappa shape index (κ2) is 16.1. The van der Waals surface area contributed by atoms with E-state index in [0.29, 0.717) is 81.2 Å². The quantitative estimate of drug-likeness (QED) is 0.159. The number of aliphatic hydroxyl groups is 1. The number of alkyl halides is 1. The van der Waals surface area contributed by atoms with Crippen LogP contribution in [0.4, 0.5) is 4.39 Å². The molecule has 7 nitrogen and oxygen atoms in total. The lowest BCUT2D eigenvalue weighted by molar-refractivity contribution is -0.221. The Balaban J connectivity index is 0.984. The molecule has 2 N–H and O–H groups in total. The summed E-state index contributed by atoms with van der Waals surface area (Å²) in [4.78, 5) is 13.4. The van der Waals surface area contributed by atoms with Gasteiger partial charge in [0.1, 0.15) is 13.3 Å². The van der Waals surface area contributed by atoms with Crippen LogP contribution in [0.5, 0.6) is 0 Å². The molecular formula is C52H79FN2O5S. The van der Waals surface area contributed by atoms with Crippen LogP contribution in [0.2, 0.25) is 0 Å². The summed E-state index contributed by atoms with van der Waals surface area (Å²) in [6, 6.07) is 0. The SMILES string of the molecule is C=C(C)C1CCC2(NCCC3(O)CCN(S(C)(=O)=O)CC3)CCC3(C)C(CCC4C5(C)CC=C(C6=CCC(CF)(C(=O)OCC7=CC=CCC7)CC6)C(C)(C)C5CCC43C)C12. The highest BCUT2D eigenvalue weighted by Crippen LogP contribution is 2.76. The molecule has 0 aromatic heterocycles. The first kappa shape index (κ1) is 45.5. The van der Waals surface area contributed by atoms with E-state index in [1.165, 1.54) is 65.8 Å². The Morgan fingerprint density at radius 2 is 1.69 bits per heavy atom. The molecule has 9 heteroatoms. The minimum atomic E-state index is -3.24. The topological polar surface area (TPSA) is 95.9 Å². The second-order valence-electron chi connectivity index (χ2n) is 23.2. The maximum atomic E-state index is 14.8. The number of allylic oxidation sites excluding steroid dienone is 8. The van der Waals surface area contributed by atoms with Crippen LogP contribution in [0.15, 0.2) is 59.3 Å². The van der Waals surface area contributed by atoms with Gasteiger partial charge < -0.3 is 15.2 Å². The molecule has 61 heavy (non-hydrogen) atoms. The van der Waals surface area contributed by atoms with Gasteiger partial charge in [0.15, 0.2) is 0 Å². The van der Waals surface area contributed by atoms with E-state index in [1.54, 1.807) is 0 Å². The number of nitrogens with zero attached hydrogens (tertiary/aromatic N) is 1. The summed E-state index contributed by atoms with van der Waals surface area (Å²) in [7, 11) is -3.24. The number of nitrogens with one attached hydrogen (secondary N) is 1. The number of carbonyl (C=O) groups excluding carboxylic acids is 1. The highest BCUT2D eigenvalue weighted by atomic mass is 32.2. The van der Waals surface area contributed by atoms with Gasteiger partial charge in [0.05, 0.1) is 17.3 Å². The maximum Gasteiger partial charge on any atom is 0.315 e. The number of carbonyl (C=O) groups is 1. The van der Waals surface area contributed by atoms with E-state index in [9.17, 15) is 22.7 Å². The Morgan fingerprint density at radius 1 is 0.934 bits per heavy atom. The van der Waals surface area contributed by atoms with E-state index in [-0.39, 0.29) is 39.8 Å². The standard InChI is InChI=1S/C52H79FN2O5S/c1-36(2)39-18-25-52(54-31-28-51(57)29-32-55(33-30-51)61(8,58)59)27-26-48(6)41(44(39)52)14-15-43-47(5)21-19-40(46(3,4)42(47)20-22-49(43,48)7)38-16-23-50(35-53,24-17-38)45(56)60-34-37-12-10-9-11-13-37/h9-10,12,16,19,39,41-44,54,57H,1,11,13-15,17-18,20-35H2,2-8H3. The lowest BCUT2D eigenvalue weighted by Crippen LogP contribution is -2.68. The first-order valence-electron chi connectivity index (χ1n) is 24.2. The summed E-state index contributed by atoms with van der Waals surface area (Å²) in [5, 5.41) is 15.8. The highest BCUT2D eigenvalue weighted by molar-refractivity contribution is 7.88. The number of fused-ring (bicyclic) bond motifs is 7. The summed E-state index contributed by atoms with van der Waals surface area (Å²) in [5.74, 6) is 2.41. The molecule has 1 saturated heterocycles. The summed E-state index contributed by atoms with van der Waals surface area (Å²) < 4.78 is 46.4. The molecule has 0 spiro atoms. The van der Waals surface area contributed by atoms with Gasteiger partial charge in [0, 0.05) is 18.6 Å². The minimum Gasteiger partial charge on any atom is -0.461 e. The van der Waals surface area contributed by atoms with Crippen molar-refractivity contribution < 1.29 is 27.4 Å². The van der Waals surface area contributed by atoms with Crippen LogP contribution < -0.4 is 5.32 Å². The van der Waals surface area contributed by atoms with E-state index in [4.69, 9.17) is 4.74 Å². The Bertz CT molecular complexity index is 1980. The molecule has 4 saturated carbocycles. The number of sulfonamides is 1. The lowest BCUT2D eigenvalue weighted by atomic mass is 9.33. The van der Waals surface area contributed by atoms with E-state index >= 15 is 0 Å². The zero-order chi connectivity index (χ0) is 43.9. The third-order valence-electron chi connectivity index (χ3n) is 20.0. The largest absolute Gasteiger partial charge is 0.461 e. The molecule has 1 heterocycles. The second-order valence-corrected chi connectivity index (χ2v) is 25.1. The number of piperidine rings is 1. The van der Waals surface area contributed by atoms with Crippen LogP contribution in [0, 0.1) is 56.7 Å². The Hall–Kier alpha value is -2.07. The van der Waals surface area contributed by atoms with Gasteiger partial charge >= 0.3 is 5.97 Å². The van der Waals surface area contributed by atoms with Crippen molar-refractivity contribution in [3.05, 3.63) is 59.3 Å². The Kier molecular flexibility index (Phi) is 12.0. The van der Waals surface area contributed by atoms with Gasteiger partial charge in [-0.3, -0.25) is 4.79 Å². The van der Waals surface area contributed by atoms with Crippen LogP contribution >= 0.6 is 0 Å². The molecular weight excluding hydrogens is 784 g/mol. The first-order valence-corrected chi connectivity index (χ1v) is 26.1. The first-order chi connectivity index (χ1) is 28.7. The number of rotatable bonds is 11. The number of halogens is 1. The van der Waals surface area contributed by atoms with Crippen molar-refractivity contribution in [1.29, 1.82) is 0 Å². The zero-order valence-corrected chi connectivity index (χ0v) is 39.7. The van der Waals surface area contributed by atoms with Crippen LogP contribution in [0.3, 0.4) is 0 Å². The van der Waals surface area contributed by atoms with Gasteiger partial charge in [-0.05, 0) is 191 Å². The van der Waals surface area contributed by atoms with E-state index in [0.717, 1.165) is 44.2 Å². The van der Waals surface area contributed by atoms with Gasteiger partial charge in [0.2, 0.25) is 10.0 Å². The number of ether oxygens (including phenoxy) is 1. The van der Waals surface area contributed by atoms with Gasteiger partial charge in [0.25, 0.3) is 0 Å². The molecule has 340 valence electrons. The summed E-state index contributed by atoms with van der Waals surface area (Å²) >= 11 is 0. The van der Waals surface area contributed by atoms with E-state index in [2.05, 4.69) is 71.7 Å². The Labute approximate surface area is 368 Å². The normalized spacial score (nSPS) is 41.9. The average molecular weight is 863 g/mol. The molecule has 8 aliphatic rings. The van der Waals surface area contributed by atoms with Crippen LogP contribution in [0.1, 0.15) is 151 Å². The number of hydrogen-bond donors (Lipinski definition) is 2. The van der Waals surface area contributed by atoms with Gasteiger partial charge in [-0.1, -0.05) is 77.2 Å². The van der Waals surface area contributed by atoms with Crippen molar-refractivity contribution in [3.63, 3.8) is 0 Å². The van der Waals surface area contributed by atoms with Gasteiger partial charge in [-0.2, -0.15) is 0 Å². The van der Waals surface area contributed by atoms with Crippen molar-refractivity contribution in [2.75, 3.05) is 39.2 Å². The summed E-state index contributed by atoms with van der Waals surface area (Å²) in [5.41, 5.74) is 3.89. The fourth-order valence-electron chi connectivity index (χ4n) is 16.2. The summed E-state index contributed by atoms with van der Waals surface area (Å²) in [6.07, 6.45) is 28.0. The highest BCUT2D eigenvalue weighted by Gasteiger charge is 2.70. The Morgan fingerprint density at radius 3 is 2.33 bits per heavy atom. The van der Waals surface area contributed by atoms with Crippen LogP contribution in [-0.2, 0) is 19.6 Å². The molecule has 5 fully saturated rings. The molecule has 0 amide bonds. The molecule has 10 unspecified atom stereocenters. The van der Waals surface area contributed by atoms with Crippen LogP contribution in [0.25, 0.3) is 0 Å².